The normalized spacial score (nSPS) is 30.5. The minimum atomic E-state index is -2.14. The largest absolute Gasteiger partial charge is 0.504 e. The van der Waals surface area contributed by atoms with Gasteiger partial charge in [-0.1, -0.05) is 6.07 Å². The van der Waals surface area contributed by atoms with Gasteiger partial charge < -0.3 is 113 Å². The van der Waals surface area contributed by atoms with Gasteiger partial charge in [0.2, 0.25) is 23.2 Å². The van der Waals surface area contributed by atoms with Crippen molar-refractivity contribution in [2.45, 2.75) is 86.0 Å². The first-order valence-corrected chi connectivity index (χ1v) is 20.9. The van der Waals surface area contributed by atoms with Crippen LogP contribution in [0.4, 0.5) is 0 Å². The van der Waals surface area contributed by atoms with Crippen LogP contribution in [0.15, 0.2) is 57.8 Å². The van der Waals surface area contributed by atoms with Crippen LogP contribution in [-0.4, -0.2) is 194 Å². The van der Waals surface area contributed by atoms with Crippen molar-refractivity contribution in [1.82, 2.24) is 0 Å². The third-order valence-electron chi connectivity index (χ3n) is 11.5. The molecular formula is C44H50O25. The molecule has 0 bridgehead atoms. The molecule has 7 rings (SSSR count). The minimum Gasteiger partial charge on any atom is -0.504 e. The number of ether oxygens (including phenoxy) is 10. The summed E-state index contributed by atoms with van der Waals surface area (Å²) in [7, 11) is 3.62. The number of hydrogen-bond acceptors (Lipinski definition) is 25. The second kappa shape index (κ2) is 21.3. The van der Waals surface area contributed by atoms with Gasteiger partial charge in [-0.3, -0.25) is 4.79 Å². The molecule has 1 aromatic heterocycles. The Morgan fingerprint density at radius 3 is 1.96 bits per heavy atom. The van der Waals surface area contributed by atoms with Crippen molar-refractivity contribution in [3.05, 3.63) is 64.3 Å². The molecule has 0 radical (unpaired) electrons. The molecule has 3 saturated heterocycles. The van der Waals surface area contributed by atoms with E-state index in [4.69, 9.17) is 51.8 Å². The molecule has 0 spiro atoms. The standard InChI is InChI=1S/C44H50O25/c1-59-22-10-16(4-7-18(22)47)5-9-27(51)66-41-38(67-42-35(58)33(56)29(52)25(13-45)64-42)21(50)15-62-43(41)69-40-34(57)30(53)26(14-46)65-44(40)68-39-32(55)28-24(12-20(49)37(61-3)31(28)54)63-36(39)17-6-8-19(48)23(11-17)60-2/h4-12,21,25-26,29-30,33-35,38,40-50,52-54,56-58H,13-15H2,1-3H3/b9-5+/t21-,25-,26-,29-,30-,33+,34+,35-,38+,40-,41-,42+,43+,44+/m1/s1. The van der Waals surface area contributed by atoms with Crippen LogP contribution in [0.25, 0.3) is 28.4 Å². The molecule has 12 N–H and O–H groups in total. The average molecular weight is 979 g/mol. The number of phenols is 4. The Kier molecular flexibility index (Phi) is 15.7. The predicted octanol–water partition coefficient (Wildman–Crippen LogP) is -1.96. The maximum atomic E-state index is 14.5. The lowest BCUT2D eigenvalue weighted by Crippen LogP contribution is -2.66. The van der Waals surface area contributed by atoms with Crippen LogP contribution in [-0.2, 0) is 33.2 Å². The number of phenolic OH excluding ortho intramolecular Hbond substituents is 4. The maximum absolute atomic E-state index is 14.5. The van der Waals surface area contributed by atoms with Gasteiger partial charge in [-0.25, -0.2) is 4.79 Å². The Morgan fingerprint density at radius 1 is 0.681 bits per heavy atom. The number of carbonyl (C=O) groups is 1. The molecule has 25 nitrogen and oxygen atoms in total. The van der Waals surface area contributed by atoms with Gasteiger partial charge in [-0.05, 0) is 42.0 Å². The Labute approximate surface area is 389 Å². The Balaban J connectivity index is 1.30. The molecule has 376 valence electrons. The molecule has 14 atom stereocenters. The lowest BCUT2D eigenvalue weighted by atomic mass is 9.98. The first-order chi connectivity index (χ1) is 32.9. The number of carbonyl (C=O) groups excluding carboxylic acids is 1. The summed E-state index contributed by atoms with van der Waals surface area (Å²) in [5.74, 6) is -5.14. The first kappa shape index (κ1) is 50.8. The van der Waals surface area contributed by atoms with Crippen LogP contribution in [0.1, 0.15) is 5.56 Å². The number of benzene rings is 3. The van der Waals surface area contributed by atoms with E-state index in [0.717, 1.165) is 19.3 Å². The highest BCUT2D eigenvalue weighted by atomic mass is 16.8. The molecule has 69 heavy (non-hydrogen) atoms. The molecule has 4 heterocycles. The van der Waals surface area contributed by atoms with E-state index >= 15 is 0 Å². The number of methoxy groups -OCH3 is 3. The van der Waals surface area contributed by atoms with Crippen molar-refractivity contribution < 1.29 is 118 Å². The maximum Gasteiger partial charge on any atom is 0.331 e. The fourth-order valence-corrected chi connectivity index (χ4v) is 7.81. The average Bonchev–Trinajstić information content (AvgIpc) is 3.33. The number of aliphatic hydroxyl groups is 8. The highest BCUT2D eigenvalue weighted by Gasteiger charge is 2.54. The van der Waals surface area contributed by atoms with Gasteiger partial charge in [0.25, 0.3) is 0 Å². The third kappa shape index (κ3) is 10.2. The molecule has 0 amide bonds. The summed E-state index contributed by atoms with van der Waals surface area (Å²) in [6.45, 7) is -2.56. The predicted molar refractivity (Wildman–Crippen MR) is 227 cm³/mol. The molecule has 3 aromatic carbocycles. The van der Waals surface area contributed by atoms with E-state index in [0.29, 0.717) is 5.56 Å². The van der Waals surface area contributed by atoms with E-state index in [2.05, 4.69) is 0 Å². The molecular weight excluding hydrogens is 928 g/mol. The fraction of sp³-hybridized carbons (Fsp3) is 0.455. The molecule has 4 aromatic rings. The van der Waals surface area contributed by atoms with E-state index in [1.54, 1.807) is 0 Å². The van der Waals surface area contributed by atoms with Crippen LogP contribution in [0.5, 0.6) is 46.0 Å². The molecule has 0 unspecified atom stereocenters. The summed E-state index contributed by atoms with van der Waals surface area (Å²) in [6, 6.07) is 8.70. The van der Waals surface area contributed by atoms with E-state index in [-0.39, 0.29) is 28.6 Å². The summed E-state index contributed by atoms with van der Waals surface area (Å²) in [5.41, 5.74) is -1.27. The van der Waals surface area contributed by atoms with Crippen molar-refractivity contribution in [2.75, 3.05) is 41.2 Å². The molecule has 3 aliphatic heterocycles. The first-order valence-electron chi connectivity index (χ1n) is 20.9. The highest BCUT2D eigenvalue weighted by Crippen LogP contribution is 2.45. The smallest absolute Gasteiger partial charge is 0.331 e. The van der Waals surface area contributed by atoms with Crippen molar-refractivity contribution >= 4 is 23.0 Å². The number of hydrogen-bond donors (Lipinski definition) is 12. The van der Waals surface area contributed by atoms with Gasteiger partial charge >= 0.3 is 5.97 Å². The summed E-state index contributed by atoms with van der Waals surface area (Å²) >= 11 is 0. The molecule has 25 heteroatoms. The van der Waals surface area contributed by atoms with E-state index in [1.165, 1.54) is 56.7 Å². The number of esters is 1. The van der Waals surface area contributed by atoms with Crippen LogP contribution in [0, 0.1) is 0 Å². The van der Waals surface area contributed by atoms with Gasteiger partial charge in [0.05, 0.1) is 41.2 Å². The Bertz CT molecular complexity index is 2540. The quantitative estimate of drug-likeness (QED) is 0.0454. The Morgan fingerprint density at radius 2 is 1.30 bits per heavy atom. The third-order valence-corrected chi connectivity index (χ3v) is 11.5. The van der Waals surface area contributed by atoms with Crippen molar-refractivity contribution in [3.63, 3.8) is 0 Å². The fourth-order valence-electron chi connectivity index (χ4n) is 7.81. The van der Waals surface area contributed by atoms with Crippen LogP contribution < -0.4 is 24.4 Å². The van der Waals surface area contributed by atoms with Crippen molar-refractivity contribution in [1.29, 1.82) is 0 Å². The SMILES string of the molecule is COc1cc(/C=C/C(=O)O[C@H]2[C@H](O[C@H]3[C@H](Oc4c(-c5ccc(O)c(OC)c5)oc5cc(O)c(OC)c(O)c5c4=O)O[C@H](CO)[C@@H](O)[C@@H]3O)OC[C@@H](O)[C@@H]2O[C@@H]2O[C@H](CO)[C@@H](O)[C@H](O)[C@H]2O)ccc1O. The van der Waals surface area contributed by atoms with Gasteiger partial charge in [-0.15, -0.1) is 0 Å². The zero-order valence-electron chi connectivity index (χ0n) is 36.6. The summed E-state index contributed by atoms with van der Waals surface area (Å²) in [6.07, 6.45) is -24.7. The number of aromatic hydroxyl groups is 4. The number of rotatable bonds is 15. The molecule has 0 saturated carbocycles. The molecule has 3 fully saturated rings. The highest BCUT2D eigenvalue weighted by molar-refractivity contribution is 5.91. The summed E-state index contributed by atoms with van der Waals surface area (Å²) < 4.78 is 62.5. The second-order valence-corrected chi connectivity index (χ2v) is 15.8. The Hall–Kier alpha value is -6.04. The zero-order chi connectivity index (χ0) is 50.0. The van der Waals surface area contributed by atoms with Gasteiger partial charge in [0, 0.05) is 17.7 Å². The van der Waals surface area contributed by atoms with Crippen molar-refractivity contribution in [2.24, 2.45) is 0 Å². The lowest BCUT2D eigenvalue weighted by Gasteiger charge is -2.47. The van der Waals surface area contributed by atoms with E-state index in [1.807, 2.05) is 0 Å². The van der Waals surface area contributed by atoms with Crippen LogP contribution in [0.3, 0.4) is 0 Å². The van der Waals surface area contributed by atoms with Crippen molar-refractivity contribution in [3.8, 4) is 57.3 Å². The number of aliphatic hydroxyl groups excluding tert-OH is 8. The number of fused-ring (bicyclic) bond motifs is 1. The molecule has 3 aliphatic rings. The minimum absolute atomic E-state index is 0.0235. The molecule has 0 aliphatic carbocycles. The van der Waals surface area contributed by atoms with E-state index < -0.39 is 157 Å². The van der Waals surface area contributed by atoms with Gasteiger partial charge in [0.1, 0.15) is 65.9 Å². The van der Waals surface area contributed by atoms with Crippen LogP contribution >= 0.6 is 0 Å². The van der Waals surface area contributed by atoms with Crippen LogP contribution in [0.2, 0.25) is 0 Å². The summed E-state index contributed by atoms with van der Waals surface area (Å²) in [4.78, 5) is 28.2. The topological polar surface area (TPSA) is 382 Å². The zero-order valence-corrected chi connectivity index (χ0v) is 36.6. The second-order valence-electron chi connectivity index (χ2n) is 15.8. The van der Waals surface area contributed by atoms with E-state index in [9.17, 15) is 70.9 Å². The lowest BCUT2D eigenvalue weighted by molar-refractivity contribution is -0.369. The van der Waals surface area contributed by atoms with Gasteiger partial charge in [-0.2, -0.15) is 0 Å². The monoisotopic (exact) mass is 978 g/mol. The summed E-state index contributed by atoms with van der Waals surface area (Å²) in [5, 5.41) is 127. The van der Waals surface area contributed by atoms with Gasteiger partial charge in [0.15, 0.2) is 65.0 Å².